The molecule has 0 aliphatic rings. The number of aromatic amines is 1. The zero-order chi connectivity index (χ0) is 11.4. The van der Waals surface area contributed by atoms with Crippen LogP contribution >= 0.6 is 11.6 Å². The zero-order valence-corrected chi connectivity index (χ0v) is 9.37. The molecule has 4 heteroatoms. The molecule has 1 N–H and O–H groups in total. The molecule has 0 aliphatic heterocycles. The van der Waals surface area contributed by atoms with E-state index in [1.165, 1.54) is 0 Å². The van der Waals surface area contributed by atoms with Crippen molar-refractivity contribution in [2.75, 3.05) is 0 Å². The second-order valence-electron chi connectivity index (χ2n) is 3.47. The van der Waals surface area contributed by atoms with Crippen molar-refractivity contribution in [3.05, 3.63) is 41.2 Å². The van der Waals surface area contributed by atoms with Gasteiger partial charge in [-0.15, -0.1) is 0 Å². The Bertz CT molecular complexity index is 476. The van der Waals surface area contributed by atoms with Crippen molar-refractivity contribution in [1.29, 1.82) is 0 Å². The summed E-state index contributed by atoms with van der Waals surface area (Å²) in [7, 11) is 0. The van der Waals surface area contributed by atoms with Crippen LogP contribution in [0.2, 0.25) is 5.02 Å². The standard InChI is InChI=1S/C12H11ClN2O/c13-10-5-3-9(4-6-10)12-14-8-11(15-12)2-1-7-16/h3-8H,1-2H2,(H,14,15). The lowest BCUT2D eigenvalue weighted by atomic mass is 10.2. The first-order valence-corrected chi connectivity index (χ1v) is 5.41. The average Bonchev–Trinajstić information content (AvgIpc) is 2.76. The Labute approximate surface area is 98.5 Å². The van der Waals surface area contributed by atoms with E-state index in [2.05, 4.69) is 9.97 Å². The highest BCUT2D eigenvalue weighted by atomic mass is 35.5. The van der Waals surface area contributed by atoms with Gasteiger partial charge < -0.3 is 9.78 Å². The van der Waals surface area contributed by atoms with Crippen LogP contribution in [-0.2, 0) is 11.2 Å². The number of H-pyrrole nitrogens is 1. The van der Waals surface area contributed by atoms with E-state index in [0.717, 1.165) is 23.4 Å². The van der Waals surface area contributed by atoms with Gasteiger partial charge in [0.05, 0.1) is 0 Å². The third-order valence-corrected chi connectivity index (χ3v) is 2.53. The van der Waals surface area contributed by atoms with E-state index in [-0.39, 0.29) is 0 Å². The number of nitrogens with one attached hydrogen (secondary N) is 1. The largest absolute Gasteiger partial charge is 0.342 e. The number of hydrogen-bond donors (Lipinski definition) is 1. The molecule has 1 heterocycles. The summed E-state index contributed by atoms with van der Waals surface area (Å²) < 4.78 is 0. The van der Waals surface area contributed by atoms with E-state index in [1.54, 1.807) is 6.20 Å². The lowest BCUT2D eigenvalue weighted by molar-refractivity contribution is -0.107. The van der Waals surface area contributed by atoms with Crippen molar-refractivity contribution in [1.82, 2.24) is 9.97 Å². The molecule has 82 valence electrons. The highest BCUT2D eigenvalue weighted by Crippen LogP contribution is 2.18. The van der Waals surface area contributed by atoms with Gasteiger partial charge in [0.25, 0.3) is 0 Å². The van der Waals surface area contributed by atoms with Gasteiger partial charge in [0, 0.05) is 28.9 Å². The van der Waals surface area contributed by atoms with E-state index in [1.807, 2.05) is 24.3 Å². The van der Waals surface area contributed by atoms with Crippen molar-refractivity contribution in [2.24, 2.45) is 0 Å². The first kappa shape index (κ1) is 10.9. The van der Waals surface area contributed by atoms with Gasteiger partial charge in [-0.1, -0.05) is 11.6 Å². The van der Waals surface area contributed by atoms with E-state index < -0.39 is 0 Å². The zero-order valence-electron chi connectivity index (χ0n) is 8.61. The quantitative estimate of drug-likeness (QED) is 0.827. The van der Waals surface area contributed by atoms with Crippen molar-refractivity contribution < 1.29 is 4.79 Å². The minimum absolute atomic E-state index is 0.516. The van der Waals surface area contributed by atoms with Gasteiger partial charge >= 0.3 is 0 Å². The molecule has 0 spiro atoms. The molecule has 3 nitrogen and oxygen atoms in total. The average molecular weight is 235 g/mol. The van der Waals surface area contributed by atoms with Crippen LogP contribution in [0.25, 0.3) is 11.4 Å². The molecule has 1 aromatic carbocycles. The molecule has 2 aromatic rings. The van der Waals surface area contributed by atoms with Gasteiger partial charge in [0.1, 0.15) is 12.1 Å². The topological polar surface area (TPSA) is 45.8 Å². The third-order valence-electron chi connectivity index (χ3n) is 2.28. The van der Waals surface area contributed by atoms with E-state index in [0.29, 0.717) is 17.9 Å². The number of benzene rings is 1. The molecule has 0 radical (unpaired) electrons. The van der Waals surface area contributed by atoms with E-state index in [4.69, 9.17) is 11.6 Å². The molecule has 2 rings (SSSR count). The Hall–Kier alpha value is -1.61. The molecular weight excluding hydrogens is 224 g/mol. The highest BCUT2D eigenvalue weighted by Gasteiger charge is 2.02. The number of carbonyl (C=O) groups excluding carboxylic acids is 1. The Morgan fingerprint density at radius 2 is 2.06 bits per heavy atom. The Morgan fingerprint density at radius 1 is 1.31 bits per heavy atom. The second kappa shape index (κ2) is 4.94. The minimum Gasteiger partial charge on any atom is -0.342 e. The van der Waals surface area contributed by atoms with Crippen LogP contribution in [0.4, 0.5) is 0 Å². The van der Waals surface area contributed by atoms with Crippen molar-refractivity contribution in [3.8, 4) is 11.4 Å². The number of halogens is 1. The summed E-state index contributed by atoms with van der Waals surface area (Å²) in [6.45, 7) is 0. The monoisotopic (exact) mass is 234 g/mol. The predicted octanol–water partition coefficient (Wildman–Crippen LogP) is 2.86. The molecule has 1 aromatic heterocycles. The Balaban J connectivity index is 2.17. The fraction of sp³-hybridized carbons (Fsp3) is 0.167. The molecule has 0 aliphatic carbocycles. The number of hydrogen-bond acceptors (Lipinski definition) is 2. The lowest BCUT2D eigenvalue weighted by Gasteiger charge is -1.96. The van der Waals surface area contributed by atoms with Gasteiger partial charge in [-0.3, -0.25) is 0 Å². The normalized spacial score (nSPS) is 10.3. The van der Waals surface area contributed by atoms with E-state index in [9.17, 15) is 4.79 Å². The van der Waals surface area contributed by atoms with Crippen molar-refractivity contribution in [3.63, 3.8) is 0 Å². The number of carbonyl (C=O) groups is 1. The third kappa shape index (κ3) is 2.49. The summed E-state index contributed by atoms with van der Waals surface area (Å²) in [5, 5.41) is 0.705. The van der Waals surface area contributed by atoms with Crippen LogP contribution in [0.5, 0.6) is 0 Å². The smallest absolute Gasteiger partial charge is 0.137 e. The minimum atomic E-state index is 0.516. The summed E-state index contributed by atoms with van der Waals surface area (Å²) in [6.07, 6.45) is 3.88. The molecule has 0 amide bonds. The van der Waals surface area contributed by atoms with Crippen molar-refractivity contribution >= 4 is 17.9 Å². The highest BCUT2D eigenvalue weighted by molar-refractivity contribution is 6.30. The summed E-state index contributed by atoms with van der Waals surface area (Å²) in [5.74, 6) is 0.803. The van der Waals surface area contributed by atoms with Crippen LogP contribution in [0.15, 0.2) is 30.5 Å². The number of aromatic nitrogens is 2. The van der Waals surface area contributed by atoms with Crippen LogP contribution in [0, 0.1) is 0 Å². The second-order valence-corrected chi connectivity index (χ2v) is 3.91. The van der Waals surface area contributed by atoms with E-state index >= 15 is 0 Å². The van der Waals surface area contributed by atoms with Crippen LogP contribution in [0.1, 0.15) is 12.1 Å². The number of aryl methyl sites for hydroxylation is 1. The first-order chi connectivity index (χ1) is 7.79. The molecule has 0 saturated heterocycles. The van der Waals surface area contributed by atoms with Gasteiger partial charge in [0.15, 0.2) is 0 Å². The maximum absolute atomic E-state index is 10.2. The van der Waals surface area contributed by atoms with Gasteiger partial charge in [-0.25, -0.2) is 4.98 Å². The summed E-state index contributed by atoms with van der Waals surface area (Å²) in [5.41, 5.74) is 1.96. The lowest BCUT2D eigenvalue weighted by Crippen LogP contribution is -1.86. The number of nitrogens with zero attached hydrogens (tertiary/aromatic N) is 1. The van der Waals surface area contributed by atoms with Crippen LogP contribution in [-0.4, -0.2) is 16.3 Å². The number of rotatable bonds is 4. The van der Waals surface area contributed by atoms with Crippen LogP contribution < -0.4 is 0 Å². The molecule has 16 heavy (non-hydrogen) atoms. The maximum Gasteiger partial charge on any atom is 0.137 e. The maximum atomic E-state index is 10.2. The number of aldehydes is 1. The summed E-state index contributed by atoms with van der Waals surface area (Å²) in [4.78, 5) is 17.7. The predicted molar refractivity (Wildman–Crippen MR) is 63.4 cm³/mol. The summed E-state index contributed by atoms with van der Waals surface area (Å²) in [6, 6.07) is 7.46. The number of imidazole rings is 1. The molecule has 0 bridgehead atoms. The van der Waals surface area contributed by atoms with Crippen molar-refractivity contribution in [2.45, 2.75) is 12.8 Å². The Kier molecular flexibility index (Phi) is 3.37. The fourth-order valence-corrected chi connectivity index (χ4v) is 1.58. The molecule has 0 atom stereocenters. The molecular formula is C12H11ClN2O. The van der Waals surface area contributed by atoms with Gasteiger partial charge in [-0.05, 0) is 30.7 Å². The fourth-order valence-electron chi connectivity index (χ4n) is 1.46. The molecule has 0 saturated carbocycles. The van der Waals surface area contributed by atoms with Gasteiger partial charge in [0.2, 0.25) is 0 Å². The first-order valence-electron chi connectivity index (χ1n) is 5.03. The molecule has 0 fully saturated rings. The SMILES string of the molecule is O=CCCc1cnc(-c2ccc(Cl)cc2)[nH]1. The van der Waals surface area contributed by atoms with Crippen LogP contribution in [0.3, 0.4) is 0 Å². The molecule has 0 unspecified atom stereocenters. The van der Waals surface area contributed by atoms with Gasteiger partial charge in [-0.2, -0.15) is 0 Å². The summed E-state index contributed by atoms with van der Waals surface area (Å²) >= 11 is 5.80. The Morgan fingerprint density at radius 3 is 2.75 bits per heavy atom.